The summed E-state index contributed by atoms with van der Waals surface area (Å²) in [6, 6.07) is 4.10. The van der Waals surface area contributed by atoms with E-state index in [4.69, 9.17) is 5.73 Å². The summed E-state index contributed by atoms with van der Waals surface area (Å²) in [5.41, 5.74) is 6.55. The molecule has 2 rings (SSSR count). The molecule has 1 aliphatic heterocycles. The van der Waals surface area contributed by atoms with Gasteiger partial charge >= 0.3 is 0 Å². The number of anilines is 1. The Labute approximate surface area is 133 Å². The van der Waals surface area contributed by atoms with Crippen molar-refractivity contribution >= 4 is 11.6 Å². The van der Waals surface area contributed by atoms with Gasteiger partial charge in [0, 0.05) is 37.7 Å². The molecule has 1 amide bonds. The lowest BCUT2D eigenvalue weighted by Gasteiger charge is -2.34. The number of carbonyl (C=O) groups is 1. The average molecular weight is 304 g/mol. The summed E-state index contributed by atoms with van der Waals surface area (Å²) in [4.78, 5) is 18.6. The summed E-state index contributed by atoms with van der Waals surface area (Å²) in [6.07, 6.45) is 7.49. The number of amides is 1. The van der Waals surface area contributed by atoms with Crippen LogP contribution in [-0.2, 0) is 4.79 Å². The van der Waals surface area contributed by atoms with Gasteiger partial charge in [-0.2, -0.15) is 0 Å². The Morgan fingerprint density at radius 1 is 1.41 bits per heavy atom. The summed E-state index contributed by atoms with van der Waals surface area (Å²) in [5.74, 6) is 0.519. The number of nitrogens with one attached hydrogen (secondary N) is 1. The molecule has 0 aliphatic carbocycles. The van der Waals surface area contributed by atoms with Gasteiger partial charge in [0.25, 0.3) is 0 Å². The molecule has 0 saturated carbocycles. The van der Waals surface area contributed by atoms with E-state index >= 15 is 0 Å². The SMILES string of the molecule is CCCC(C)(N)C(=O)NCC1CCN(c2ccncc2)CC1. The smallest absolute Gasteiger partial charge is 0.239 e. The van der Waals surface area contributed by atoms with Crippen LogP contribution in [0.25, 0.3) is 0 Å². The van der Waals surface area contributed by atoms with E-state index < -0.39 is 5.54 Å². The van der Waals surface area contributed by atoms with Gasteiger partial charge in [0.15, 0.2) is 0 Å². The number of rotatable bonds is 6. The molecule has 1 atom stereocenters. The van der Waals surface area contributed by atoms with Gasteiger partial charge in [0.2, 0.25) is 5.91 Å². The maximum Gasteiger partial charge on any atom is 0.239 e. The largest absolute Gasteiger partial charge is 0.371 e. The second kappa shape index (κ2) is 7.58. The minimum atomic E-state index is -0.744. The van der Waals surface area contributed by atoms with E-state index in [-0.39, 0.29) is 5.91 Å². The zero-order chi connectivity index (χ0) is 16.0. The Bertz CT molecular complexity index is 467. The van der Waals surface area contributed by atoms with Crippen LogP contribution in [0.15, 0.2) is 24.5 Å². The van der Waals surface area contributed by atoms with Crippen LogP contribution in [0.4, 0.5) is 5.69 Å². The number of nitrogens with two attached hydrogens (primary N) is 1. The fraction of sp³-hybridized carbons (Fsp3) is 0.647. The first kappa shape index (κ1) is 16.7. The van der Waals surface area contributed by atoms with Crippen LogP contribution in [0.5, 0.6) is 0 Å². The van der Waals surface area contributed by atoms with E-state index in [1.165, 1.54) is 5.69 Å². The molecule has 0 bridgehead atoms. The monoisotopic (exact) mass is 304 g/mol. The van der Waals surface area contributed by atoms with Crippen molar-refractivity contribution in [3.05, 3.63) is 24.5 Å². The van der Waals surface area contributed by atoms with Crippen LogP contribution in [0.2, 0.25) is 0 Å². The molecule has 1 saturated heterocycles. The van der Waals surface area contributed by atoms with Crippen molar-refractivity contribution < 1.29 is 4.79 Å². The van der Waals surface area contributed by atoms with Crippen LogP contribution in [0.3, 0.4) is 0 Å². The van der Waals surface area contributed by atoms with Gasteiger partial charge in [-0.25, -0.2) is 0 Å². The van der Waals surface area contributed by atoms with Crippen molar-refractivity contribution in [1.82, 2.24) is 10.3 Å². The third-order valence-electron chi connectivity index (χ3n) is 4.48. The highest BCUT2D eigenvalue weighted by Crippen LogP contribution is 2.22. The number of pyridine rings is 1. The molecular formula is C17H28N4O. The van der Waals surface area contributed by atoms with Gasteiger partial charge in [0.1, 0.15) is 0 Å². The third-order valence-corrected chi connectivity index (χ3v) is 4.48. The molecule has 1 aromatic heterocycles. The van der Waals surface area contributed by atoms with Gasteiger partial charge < -0.3 is 16.0 Å². The van der Waals surface area contributed by atoms with Gasteiger partial charge in [0.05, 0.1) is 5.54 Å². The van der Waals surface area contributed by atoms with Gasteiger partial charge in [-0.15, -0.1) is 0 Å². The zero-order valence-corrected chi connectivity index (χ0v) is 13.7. The van der Waals surface area contributed by atoms with Crippen molar-refractivity contribution in [3.63, 3.8) is 0 Å². The van der Waals surface area contributed by atoms with Gasteiger partial charge in [-0.05, 0) is 44.2 Å². The Morgan fingerprint density at radius 3 is 2.64 bits per heavy atom. The summed E-state index contributed by atoms with van der Waals surface area (Å²) in [6.45, 7) is 6.66. The van der Waals surface area contributed by atoms with E-state index in [2.05, 4.69) is 15.2 Å². The molecule has 0 spiro atoms. The Balaban J connectivity index is 1.75. The molecule has 3 N–H and O–H groups in total. The molecule has 0 aromatic carbocycles. The summed E-state index contributed by atoms with van der Waals surface area (Å²) in [5, 5.41) is 3.04. The van der Waals surface area contributed by atoms with Crippen LogP contribution >= 0.6 is 0 Å². The molecular weight excluding hydrogens is 276 g/mol. The highest BCUT2D eigenvalue weighted by Gasteiger charge is 2.28. The number of aromatic nitrogens is 1. The minimum Gasteiger partial charge on any atom is -0.371 e. The number of hydrogen-bond donors (Lipinski definition) is 2. The van der Waals surface area contributed by atoms with Crippen molar-refractivity contribution in [3.8, 4) is 0 Å². The average Bonchev–Trinajstić information content (AvgIpc) is 2.54. The third kappa shape index (κ3) is 4.44. The van der Waals surface area contributed by atoms with E-state index in [9.17, 15) is 4.79 Å². The summed E-state index contributed by atoms with van der Waals surface area (Å²) >= 11 is 0. The number of nitrogens with zero attached hydrogens (tertiary/aromatic N) is 2. The standard InChI is InChI=1S/C17H28N4O/c1-3-8-17(2,18)16(22)20-13-14-6-11-21(12-7-14)15-4-9-19-10-5-15/h4-5,9-10,14H,3,6-8,11-13,18H2,1-2H3,(H,20,22). The molecule has 5 nitrogen and oxygen atoms in total. The summed E-state index contributed by atoms with van der Waals surface area (Å²) < 4.78 is 0. The Hall–Kier alpha value is -1.62. The highest BCUT2D eigenvalue weighted by molar-refractivity contribution is 5.85. The molecule has 1 aliphatic rings. The molecule has 1 fully saturated rings. The van der Waals surface area contributed by atoms with Crippen LogP contribution < -0.4 is 16.0 Å². The topological polar surface area (TPSA) is 71.2 Å². The lowest BCUT2D eigenvalue weighted by molar-refractivity contribution is -0.126. The highest BCUT2D eigenvalue weighted by atomic mass is 16.2. The van der Waals surface area contributed by atoms with Crippen molar-refractivity contribution in [2.75, 3.05) is 24.5 Å². The number of piperidine rings is 1. The van der Waals surface area contributed by atoms with E-state index in [0.717, 1.165) is 45.3 Å². The first-order valence-electron chi connectivity index (χ1n) is 8.25. The molecule has 122 valence electrons. The predicted octanol–water partition coefficient (Wildman–Crippen LogP) is 1.93. The van der Waals surface area contributed by atoms with Crippen LogP contribution in [0.1, 0.15) is 39.5 Å². The first-order valence-corrected chi connectivity index (χ1v) is 8.25. The van der Waals surface area contributed by atoms with E-state index in [1.807, 2.05) is 38.4 Å². The lowest BCUT2D eigenvalue weighted by atomic mass is 9.94. The number of hydrogen-bond acceptors (Lipinski definition) is 4. The molecule has 22 heavy (non-hydrogen) atoms. The number of carbonyl (C=O) groups excluding carboxylic acids is 1. The predicted molar refractivity (Wildman–Crippen MR) is 89.7 cm³/mol. The minimum absolute atomic E-state index is 0.0223. The fourth-order valence-corrected chi connectivity index (χ4v) is 3.02. The van der Waals surface area contributed by atoms with E-state index in [0.29, 0.717) is 5.92 Å². The van der Waals surface area contributed by atoms with Crippen molar-refractivity contribution in [2.24, 2.45) is 11.7 Å². The van der Waals surface area contributed by atoms with E-state index in [1.54, 1.807) is 0 Å². The molecule has 1 unspecified atom stereocenters. The quantitative estimate of drug-likeness (QED) is 0.842. The second-order valence-corrected chi connectivity index (χ2v) is 6.51. The zero-order valence-electron chi connectivity index (χ0n) is 13.7. The molecule has 2 heterocycles. The lowest BCUT2D eigenvalue weighted by Crippen LogP contribution is -2.52. The van der Waals surface area contributed by atoms with Crippen LogP contribution in [-0.4, -0.2) is 36.1 Å². The Morgan fingerprint density at radius 2 is 2.05 bits per heavy atom. The van der Waals surface area contributed by atoms with Crippen LogP contribution in [0, 0.1) is 5.92 Å². The van der Waals surface area contributed by atoms with Crippen molar-refractivity contribution in [2.45, 2.75) is 45.1 Å². The van der Waals surface area contributed by atoms with Gasteiger partial charge in [-0.3, -0.25) is 9.78 Å². The van der Waals surface area contributed by atoms with Gasteiger partial charge in [-0.1, -0.05) is 13.3 Å². The fourth-order valence-electron chi connectivity index (χ4n) is 3.02. The second-order valence-electron chi connectivity index (χ2n) is 6.51. The van der Waals surface area contributed by atoms with Crippen molar-refractivity contribution in [1.29, 1.82) is 0 Å². The molecule has 5 heteroatoms. The first-order chi connectivity index (χ1) is 10.5. The molecule has 1 aromatic rings. The molecule has 0 radical (unpaired) electrons. The Kier molecular flexibility index (Phi) is 5.77. The summed E-state index contributed by atoms with van der Waals surface area (Å²) in [7, 11) is 0. The maximum absolute atomic E-state index is 12.1. The maximum atomic E-state index is 12.1. The normalized spacial score (nSPS) is 18.8.